The molecule has 2 atom stereocenters. The Morgan fingerprint density at radius 1 is 0.702 bits per heavy atom. The number of alkyl carbamates (subject to hydrolysis) is 1. The molecule has 0 aliphatic heterocycles. The first-order valence-electron chi connectivity index (χ1n) is 17.9. The molecule has 3 aromatic carbocycles. The van der Waals surface area contributed by atoms with Crippen molar-refractivity contribution >= 4 is 6.09 Å². The third-order valence-corrected chi connectivity index (χ3v) is 8.44. The number of aliphatic hydroxyl groups excluding tert-OH is 1. The average molecular weight is 642 g/mol. The predicted molar refractivity (Wildman–Crippen MR) is 195 cm³/mol. The van der Waals surface area contributed by atoms with Crippen LogP contribution in [0.1, 0.15) is 121 Å². The molecule has 0 saturated heterocycles. The molecule has 0 aromatic heterocycles. The molecule has 0 heterocycles. The van der Waals surface area contributed by atoms with Crippen molar-refractivity contribution < 1.29 is 19.4 Å². The van der Waals surface area contributed by atoms with Crippen LogP contribution in [0.4, 0.5) is 4.79 Å². The highest BCUT2D eigenvalue weighted by Gasteiger charge is 2.39. The molecular formula is C42H59NO4. The molecule has 0 bridgehead atoms. The van der Waals surface area contributed by atoms with Gasteiger partial charge in [0.15, 0.2) is 0 Å². The lowest BCUT2D eigenvalue weighted by molar-refractivity contribution is -0.0203. The van der Waals surface area contributed by atoms with Gasteiger partial charge in [-0.2, -0.15) is 0 Å². The van der Waals surface area contributed by atoms with Crippen LogP contribution in [-0.2, 0) is 15.1 Å². The van der Waals surface area contributed by atoms with E-state index in [9.17, 15) is 9.90 Å². The third-order valence-electron chi connectivity index (χ3n) is 8.44. The Labute approximate surface area is 284 Å². The Morgan fingerprint density at radius 3 is 1.55 bits per heavy atom. The first kappa shape index (κ1) is 38.0. The summed E-state index contributed by atoms with van der Waals surface area (Å²) in [5, 5.41) is 14.3. The summed E-state index contributed by atoms with van der Waals surface area (Å²) in [5.74, 6) is 0. The normalized spacial score (nSPS) is 13.4. The van der Waals surface area contributed by atoms with Gasteiger partial charge in [0.1, 0.15) is 11.2 Å². The Kier molecular flexibility index (Phi) is 16.8. The molecule has 0 aliphatic carbocycles. The quantitative estimate of drug-likeness (QED) is 0.0690. The molecule has 0 spiro atoms. The zero-order chi connectivity index (χ0) is 33.8. The number of unbranched alkanes of at least 4 members (excludes halogenated alkanes) is 11. The van der Waals surface area contributed by atoms with Gasteiger partial charge in [0.05, 0.1) is 18.8 Å². The SMILES string of the molecule is CCCCCCCCCCCCC/C=C/[C@@H](O)[C@H](COC(c1ccccc1)(c1ccccc1)c1ccccc1)NC(=O)OC(C)(C)C. The van der Waals surface area contributed by atoms with Crippen LogP contribution in [0.2, 0.25) is 0 Å². The van der Waals surface area contributed by atoms with Gasteiger partial charge in [-0.25, -0.2) is 4.79 Å². The molecular weight excluding hydrogens is 582 g/mol. The molecule has 256 valence electrons. The lowest BCUT2D eigenvalue weighted by Crippen LogP contribution is -2.49. The van der Waals surface area contributed by atoms with Gasteiger partial charge < -0.3 is 19.9 Å². The summed E-state index contributed by atoms with van der Waals surface area (Å²) in [5.41, 5.74) is 1.21. The molecule has 0 saturated carbocycles. The molecule has 1 amide bonds. The smallest absolute Gasteiger partial charge is 0.408 e. The van der Waals surface area contributed by atoms with Gasteiger partial charge in [-0.3, -0.25) is 0 Å². The topological polar surface area (TPSA) is 67.8 Å². The van der Waals surface area contributed by atoms with Crippen LogP contribution >= 0.6 is 0 Å². The second-order valence-corrected chi connectivity index (χ2v) is 13.6. The van der Waals surface area contributed by atoms with Gasteiger partial charge in [-0.05, 0) is 50.3 Å². The first-order chi connectivity index (χ1) is 22.8. The van der Waals surface area contributed by atoms with Gasteiger partial charge in [0, 0.05) is 0 Å². The number of carbonyl (C=O) groups is 1. The molecule has 3 rings (SSSR count). The van der Waals surface area contributed by atoms with Gasteiger partial charge in [0.25, 0.3) is 0 Å². The monoisotopic (exact) mass is 641 g/mol. The third kappa shape index (κ3) is 13.3. The van der Waals surface area contributed by atoms with Crippen LogP contribution in [0.15, 0.2) is 103 Å². The van der Waals surface area contributed by atoms with Crippen molar-refractivity contribution in [1.29, 1.82) is 0 Å². The Morgan fingerprint density at radius 2 is 1.13 bits per heavy atom. The number of benzene rings is 3. The summed E-state index contributed by atoms with van der Waals surface area (Å²) >= 11 is 0. The molecule has 2 N–H and O–H groups in total. The van der Waals surface area contributed by atoms with Gasteiger partial charge >= 0.3 is 6.09 Å². The Balaban J connectivity index is 1.71. The Hall–Kier alpha value is -3.41. The molecule has 47 heavy (non-hydrogen) atoms. The number of allylic oxidation sites excluding steroid dienone is 1. The fourth-order valence-corrected chi connectivity index (χ4v) is 5.96. The van der Waals surface area contributed by atoms with E-state index >= 15 is 0 Å². The van der Waals surface area contributed by atoms with Crippen LogP contribution in [0, 0.1) is 0 Å². The summed E-state index contributed by atoms with van der Waals surface area (Å²) in [4.78, 5) is 13.0. The fourth-order valence-electron chi connectivity index (χ4n) is 5.96. The van der Waals surface area contributed by atoms with Gasteiger partial charge in [0.2, 0.25) is 0 Å². The van der Waals surface area contributed by atoms with Crippen LogP contribution in [0.3, 0.4) is 0 Å². The van der Waals surface area contributed by atoms with E-state index in [4.69, 9.17) is 9.47 Å². The van der Waals surface area contributed by atoms with E-state index in [1.54, 1.807) is 6.08 Å². The summed E-state index contributed by atoms with van der Waals surface area (Å²) < 4.78 is 12.5. The minimum atomic E-state index is -0.976. The highest BCUT2D eigenvalue weighted by molar-refractivity contribution is 5.68. The fraction of sp³-hybridized carbons (Fsp3) is 0.500. The zero-order valence-electron chi connectivity index (χ0n) is 29.3. The second-order valence-electron chi connectivity index (χ2n) is 13.6. The van der Waals surface area contributed by atoms with Crippen molar-refractivity contribution in [2.75, 3.05) is 6.61 Å². The van der Waals surface area contributed by atoms with E-state index < -0.39 is 29.4 Å². The summed E-state index contributed by atoms with van der Waals surface area (Å²) in [6, 6.07) is 29.6. The number of carbonyl (C=O) groups excluding carboxylic acids is 1. The standard InChI is InChI=1S/C42H59NO4/c1-5-6-7-8-9-10-11-12-13-14-15-16-26-33-39(44)38(43-40(45)47-41(2,3)4)34-46-42(35-27-20-17-21-28-35,36-29-22-18-23-30-36)37-31-24-19-25-32-37/h17-33,38-39,44H,5-16,34H2,1-4H3,(H,43,45)/b33-26+/t38-,39+/m0/s1. The number of hydrogen-bond acceptors (Lipinski definition) is 4. The lowest BCUT2D eigenvalue weighted by atomic mass is 9.80. The van der Waals surface area contributed by atoms with Crippen molar-refractivity contribution in [2.45, 2.75) is 128 Å². The van der Waals surface area contributed by atoms with E-state index in [1.165, 1.54) is 64.2 Å². The number of nitrogens with one attached hydrogen (secondary N) is 1. The van der Waals surface area contributed by atoms with E-state index in [2.05, 4.69) is 48.6 Å². The zero-order valence-corrected chi connectivity index (χ0v) is 29.3. The predicted octanol–water partition coefficient (Wildman–Crippen LogP) is 10.5. The maximum Gasteiger partial charge on any atom is 0.408 e. The first-order valence-corrected chi connectivity index (χ1v) is 17.9. The molecule has 3 aromatic rings. The number of aliphatic hydroxyl groups is 1. The molecule has 0 aliphatic rings. The van der Waals surface area contributed by atoms with Crippen LogP contribution in [0.5, 0.6) is 0 Å². The number of amides is 1. The summed E-state index contributed by atoms with van der Waals surface area (Å²) in [6.07, 6.45) is 17.4. The van der Waals surface area contributed by atoms with E-state index in [-0.39, 0.29) is 6.61 Å². The summed E-state index contributed by atoms with van der Waals surface area (Å²) in [7, 11) is 0. The van der Waals surface area contributed by atoms with Crippen molar-refractivity contribution in [1.82, 2.24) is 5.32 Å². The van der Waals surface area contributed by atoms with Crippen LogP contribution < -0.4 is 5.32 Å². The van der Waals surface area contributed by atoms with Crippen molar-refractivity contribution in [3.05, 3.63) is 120 Å². The maximum absolute atomic E-state index is 13.0. The van der Waals surface area contributed by atoms with Crippen molar-refractivity contribution in [3.63, 3.8) is 0 Å². The minimum absolute atomic E-state index is 0.0435. The lowest BCUT2D eigenvalue weighted by Gasteiger charge is -2.37. The van der Waals surface area contributed by atoms with E-state index in [0.717, 1.165) is 29.5 Å². The van der Waals surface area contributed by atoms with Crippen LogP contribution in [0.25, 0.3) is 0 Å². The second kappa shape index (κ2) is 20.7. The highest BCUT2D eigenvalue weighted by atomic mass is 16.6. The number of hydrogen-bond donors (Lipinski definition) is 2. The van der Waals surface area contributed by atoms with Crippen molar-refractivity contribution in [3.8, 4) is 0 Å². The molecule has 0 radical (unpaired) electrons. The maximum atomic E-state index is 13.0. The van der Waals surface area contributed by atoms with Gasteiger partial charge in [-0.15, -0.1) is 0 Å². The van der Waals surface area contributed by atoms with E-state index in [0.29, 0.717) is 0 Å². The Bertz CT molecular complexity index is 1170. The van der Waals surface area contributed by atoms with Crippen LogP contribution in [-0.4, -0.2) is 35.6 Å². The number of rotatable bonds is 21. The molecule has 5 heteroatoms. The van der Waals surface area contributed by atoms with E-state index in [1.807, 2.05) is 81.4 Å². The molecule has 0 fully saturated rings. The minimum Gasteiger partial charge on any atom is -0.444 e. The number of ether oxygens (including phenoxy) is 2. The summed E-state index contributed by atoms with van der Waals surface area (Å²) in [6.45, 7) is 7.79. The average Bonchev–Trinajstić information content (AvgIpc) is 3.07. The van der Waals surface area contributed by atoms with Gasteiger partial charge in [-0.1, -0.05) is 174 Å². The largest absolute Gasteiger partial charge is 0.444 e. The van der Waals surface area contributed by atoms with Crippen molar-refractivity contribution in [2.24, 2.45) is 0 Å². The highest BCUT2D eigenvalue weighted by Crippen LogP contribution is 2.40. The molecule has 0 unspecified atom stereocenters. The molecule has 5 nitrogen and oxygen atoms in total.